The van der Waals surface area contributed by atoms with Crippen LogP contribution in [0.1, 0.15) is 44.9 Å². The number of carbonyl (C=O) groups excluding carboxylic acids is 1. The number of β-amino-alcohol motifs (C(OH)–C–C–N with tert-alkyl or cyclic N) is 1. The van der Waals surface area contributed by atoms with Crippen LogP contribution in [0.25, 0.3) is 0 Å². The number of carboxylic acids is 1. The molecule has 21 heavy (non-hydrogen) atoms. The number of hydrogen-bond donors (Lipinski definition) is 2. The minimum Gasteiger partial charge on any atom is -0.480 e. The van der Waals surface area contributed by atoms with Gasteiger partial charge in [-0.05, 0) is 38.0 Å². The largest absolute Gasteiger partial charge is 0.480 e. The van der Waals surface area contributed by atoms with Gasteiger partial charge >= 0.3 is 12.0 Å². The Morgan fingerprint density at radius 1 is 1.00 bits per heavy atom. The minimum absolute atomic E-state index is 0.0684. The zero-order chi connectivity index (χ0) is 15.0. The van der Waals surface area contributed by atoms with E-state index in [2.05, 4.69) is 0 Å². The van der Waals surface area contributed by atoms with Crippen molar-refractivity contribution < 1.29 is 19.8 Å². The van der Waals surface area contributed by atoms with E-state index < -0.39 is 18.1 Å². The Hall–Kier alpha value is -1.30. The fourth-order valence-corrected chi connectivity index (χ4v) is 4.23. The molecule has 118 valence electrons. The number of carboxylic acid groups (broad SMARTS) is 1. The normalized spacial score (nSPS) is 36.4. The molecule has 4 atom stereocenters. The summed E-state index contributed by atoms with van der Waals surface area (Å²) in [6.45, 7) is 0.860. The Morgan fingerprint density at radius 2 is 1.76 bits per heavy atom. The lowest BCUT2D eigenvalue weighted by molar-refractivity contribution is -0.146. The zero-order valence-electron chi connectivity index (χ0n) is 12.3. The van der Waals surface area contributed by atoms with Crippen LogP contribution in [0.15, 0.2) is 0 Å². The molecule has 0 spiro atoms. The summed E-state index contributed by atoms with van der Waals surface area (Å²) in [5, 5.41) is 19.1. The molecule has 2 N–H and O–H groups in total. The van der Waals surface area contributed by atoms with Gasteiger partial charge in [-0.25, -0.2) is 9.59 Å². The highest BCUT2D eigenvalue weighted by atomic mass is 16.4. The Kier molecular flexibility index (Phi) is 4.06. The number of aliphatic hydroxyl groups is 1. The Labute approximate surface area is 124 Å². The topological polar surface area (TPSA) is 81.1 Å². The molecule has 3 fully saturated rings. The fourth-order valence-electron chi connectivity index (χ4n) is 4.23. The van der Waals surface area contributed by atoms with Gasteiger partial charge in [0.05, 0.1) is 6.10 Å². The summed E-state index contributed by atoms with van der Waals surface area (Å²) in [6, 6.07) is -0.816. The van der Waals surface area contributed by atoms with Crippen molar-refractivity contribution in [3.8, 4) is 0 Å². The van der Waals surface area contributed by atoms with Crippen molar-refractivity contribution in [2.75, 3.05) is 13.1 Å². The van der Waals surface area contributed by atoms with Gasteiger partial charge in [0.1, 0.15) is 6.04 Å². The van der Waals surface area contributed by atoms with Gasteiger partial charge in [-0.15, -0.1) is 0 Å². The first-order chi connectivity index (χ1) is 10.1. The molecule has 4 unspecified atom stereocenters. The maximum absolute atomic E-state index is 12.8. The van der Waals surface area contributed by atoms with Gasteiger partial charge in [0.25, 0.3) is 0 Å². The van der Waals surface area contributed by atoms with E-state index in [1.54, 1.807) is 9.80 Å². The number of rotatable bonds is 1. The first-order valence-electron chi connectivity index (χ1n) is 8.06. The molecule has 1 saturated carbocycles. The van der Waals surface area contributed by atoms with Crippen molar-refractivity contribution in [3.05, 3.63) is 0 Å². The van der Waals surface area contributed by atoms with E-state index in [1.807, 2.05) is 0 Å². The van der Waals surface area contributed by atoms with Gasteiger partial charge in [0, 0.05) is 19.1 Å². The third kappa shape index (κ3) is 2.73. The van der Waals surface area contributed by atoms with Crippen LogP contribution in [-0.4, -0.2) is 63.3 Å². The van der Waals surface area contributed by atoms with Crippen LogP contribution in [0.2, 0.25) is 0 Å². The number of hydrogen-bond acceptors (Lipinski definition) is 3. The summed E-state index contributed by atoms with van der Waals surface area (Å²) in [5.74, 6) is -0.446. The van der Waals surface area contributed by atoms with E-state index >= 15 is 0 Å². The van der Waals surface area contributed by atoms with Crippen molar-refractivity contribution in [2.45, 2.75) is 63.1 Å². The summed E-state index contributed by atoms with van der Waals surface area (Å²) in [7, 11) is 0. The molecule has 3 rings (SSSR count). The van der Waals surface area contributed by atoms with E-state index in [0.29, 0.717) is 31.8 Å². The van der Waals surface area contributed by atoms with Crippen molar-refractivity contribution in [2.24, 2.45) is 5.92 Å². The van der Waals surface area contributed by atoms with E-state index in [1.165, 1.54) is 6.42 Å². The van der Waals surface area contributed by atoms with Crippen LogP contribution in [0, 0.1) is 5.92 Å². The van der Waals surface area contributed by atoms with Crippen molar-refractivity contribution >= 4 is 12.0 Å². The molecule has 2 amide bonds. The number of aliphatic carboxylic acids is 1. The standard InChI is InChI=1S/C15H24N2O4/c18-11-7-8-16(9-11)15(21)17-12-4-2-1-3-10(12)5-6-13(17)14(19)20/h10-13,18H,1-9H2,(H,19,20). The molecular formula is C15H24N2O4. The van der Waals surface area contributed by atoms with Crippen molar-refractivity contribution in [3.63, 3.8) is 0 Å². The third-order valence-electron chi connectivity index (χ3n) is 5.31. The van der Waals surface area contributed by atoms with Gasteiger partial charge in [-0.1, -0.05) is 12.8 Å². The minimum atomic E-state index is -0.896. The molecule has 0 bridgehead atoms. The molecule has 0 radical (unpaired) electrons. The molecule has 0 aromatic heterocycles. The monoisotopic (exact) mass is 296 g/mol. The van der Waals surface area contributed by atoms with E-state index in [-0.39, 0.29) is 12.1 Å². The first-order valence-corrected chi connectivity index (χ1v) is 8.06. The van der Waals surface area contributed by atoms with Crippen LogP contribution >= 0.6 is 0 Å². The molecule has 1 aliphatic carbocycles. The van der Waals surface area contributed by atoms with Crippen molar-refractivity contribution in [1.29, 1.82) is 0 Å². The number of likely N-dealkylation sites (tertiary alicyclic amines) is 2. The zero-order valence-corrected chi connectivity index (χ0v) is 12.3. The maximum atomic E-state index is 12.8. The van der Waals surface area contributed by atoms with Crippen LogP contribution < -0.4 is 0 Å². The average molecular weight is 296 g/mol. The number of fused-ring (bicyclic) bond motifs is 1. The number of nitrogens with zero attached hydrogens (tertiary/aromatic N) is 2. The lowest BCUT2D eigenvalue weighted by Crippen LogP contribution is -2.60. The molecule has 2 heterocycles. The average Bonchev–Trinajstić information content (AvgIpc) is 2.91. The predicted octanol–water partition coefficient (Wildman–Crippen LogP) is 1.28. The highest BCUT2D eigenvalue weighted by Crippen LogP contribution is 2.38. The number of piperidine rings is 1. The molecule has 6 heteroatoms. The second-order valence-corrected chi connectivity index (χ2v) is 6.62. The molecule has 0 aromatic rings. The Bertz CT molecular complexity index is 428. The van der Waals surface area contributed by atoms with Crippen LogP contribution in [-0.2, 0) is 4.79 Å². The van der Waals surface area contributed by atoms with Gasteiger partial charge in [0.2, 0.25) is 0 Å². The van der Waals surface area contributed by atoms with Crippen LogP contribution in [0.5, 0.6) is 0 Å². The maximum Gasteiger partial charge on any atom is 0.326 e. The second-order valence-electron chi connectivity index (χ2n) is 6.62. The Balaban J connectivity index is 1.81. The number of amides is 2. The molecule has 3 aliphatic rings. The third-order valence-corrected chi connectivity index (χ3v) is 5.31. The summed E-state index contributed by atoms with van der Waals surface area (Å²) < 4.78 is 0. The molecule has 0 aromatic carbocycles. The summed E-state index contributed by atoms with van der Waals surface area (Å²) >= 11 is 0. The Morgan fingerprint density at radius 3 is 2.43 bits per heavy atom. The van der Waals surface area contributed by atoms with Gasteiger partial charge in [-0.3, -0.25) is 0 Å². The fraction of sp³-hybridized carbons (Fsp3) is 0.867. The number of aliphatic hydroxyl groups excluding tert-OH is 1. The highest BCUT2D eigenvalue weighted by Gasteiger charge is 2.45. The quantitative estimate of drug-likeness (QED) is 0.764. The highest BCUT2D eigenvalue weighted by molar-refractivity contribution is 5.83. The van der Waals surface area contributed by atoms with E-state index in [4.69, 9.17) is 0 Å². The number of carbonyl (C=O) groups is 2. The van der Waals surface area contributed by atoms with Gasteiger partial charge in [0.15, 0.2) is 0 Å². The van der Waals surface area contributed by atoms with Crippen LogP contribution in [0.3, 0.4) is 0 Å². The molecular weight excluding hydrogens is 272 g/mol. The summed E-state index contributed by atoms with van der Waals surface area (Å²) in [6.07, 6.45) is 5.85. The van der Waals surface area contributed by atoms with E-state index in [9.17, 15) is 19.8 Å². The number of urea groups is 1. The summed E-state index contributed by atoms with van der Waals surface area (Å²) in [5.41, 5.74) is 0. The molecule has 2 aliphatic heterocycles. The lowest BCUT2D eigenvalue weighted by Gasteiger charge is -2.48. The SMILES string of the molecule is O=C(O)C1CCC2CCCCC2N1C(=O)N1CCC(O)C1. The second kappa shape index (κ2) is 5.83. The molecule has 2 saturated heterocycles. The smallest absolute Gasteiger partial charge is 0.326 e. The van der Waals surface area contributed by atoms with Gasteiger partial charge < -0.3 is 20.0 Å². The summed E-state index contributed by atoms with van der Waals surface area (Å²) in [4.78, 5) is 27.6. The first kappa shape index (κ1) is 14.6. The lowest BCUT2D eigenvalue weighted by atomic mass is 9.76. The van der Waals surface area contributed by atoms with Gasteiger partial charge in [-0.2, -0.15) is 0 Å². The van der Waals surface area contributed by atoms with E-state index in [0.717, 1.165) is 25.7 Å². The predicted molar refractivity (Wildman–Crippen MR) is 75.8 cm³/mol. The van der Waals surface area contributed by atoms with Crippen molar-refractivity contribution in [1.82, 2.24) is 9.80 Å². The van der Waals surface area contributed by atoms with Crippen LogP contribution in [0.4, 0.5) is 4.79 Å². The molecule has 6 nitrogen and oxygen atoms in total.